The van der Waals surface area contributed by atoms with Gasteiger partial charge in [-0.25, -0.2) is 9.50 Å². The van der Waals surface area contributed by atoms with Gasteiger partial charge in [-0.3, -0.25) is 4.98 Å². The van der Waals surface area contributed by atoms with Crippen molar-refractivity contribution in [3.05, 3.63) is 67.0 Å². The van der Waals surface area contributed by atoms with Crippen LogP contribution in [0, 0.1) is 0 Å². The molecule has 0 unspecified atom stereocenters. The Balaban J connectivity index is 1.46. The van der Waals surface area contributed by atoms with Crippen LogP contribution in [-0.2, 0) is 0 Å². The van der Waals surface area contributed by atoms with Crippen molar-refractivity contribution in [2.45, 2.75) is 37.8 Å². The number of benzene rings is 1. The lowest BCUT2D eigenvalue weighted by atomic mass is 9.93. The summed E-state index contributed by atoms with van der Waals surface area (Å²) < 4.78 is 1.88. The van der Waals surface area contributed by atoms with Crippen LogP contribution in [0.4, 0.5) is 5.82 Å². The Hall–Kier alpha value is -3.25. The van der Waals surface area contributed by atoms with E-state index in [0.717, 1.165) is 59.7 Å². The number of pyridine rings is 1. The number of aliphatic hydroxyl groups excluding tert-OH is 1. The van der Waals surface area contributed by atoms with Crippen LogP contribution in [-0.4, -0.2) is 36.8 Å². The molecule has 6 nitrogen and oxygen atoms in total. The van der Waals surface area contributed by atoms with Crippen molar-refractivity contribution in [1.82, 2.24) is 19.6 Å². The molecule has 0 radical (unpaired) electrons. The van der Waals surface area contributed by atoms with Crippen molar-refractivity contribution < 1.29 is 5.11 Å². The number of imidazole rings is 1. The summed E-state index contributed by atoms with van der Waals surface area (Å²) in [6.07, 6.45) is 7.13. The first-order chi connectivity index (χ1) is 14.3. The molecule has 0 atom stereocenters. The van der Waals surface area contributed by atoms with Gasteiger partial charge in [-0.2, -0.15) is 0 Å². The Morgan fingerprint density at radius 3 is 2.55 bits per heavy atom. The zero-order valence-electron chi connectivity index (χ0n) is 16.1. The van der Waals surface area contributed by atoms with Crippen LogP contribution in [0.3, 0.4) is 0 Å². The van der Waals surface area contributed by atoms with E-state index in [-0.39, 0.29) is 6.10 Å². The average Bonchev–Trinajstić information content (AvgIpc) is 3.19. The second kappa shape index (κ2) is 7.64. The van der Waals surface area contributed by atoms with Gasteiger partial charge in [0.2, 0.25) is 0 Å². The number of rotatable bonds is 4. The normalized spacial score (nSPS) is 19.3. The number of anilines is 1. The van der Waals surface area contributed by atoms with E-state index in [2.05, 4.69) is 33.5 Å². The van der Waals surface area contributed by atoms with E-state index in [4.69, 9.17) is 5.10 Å². The molecule has 1 aromatic carbocycles. The molecule has 1 aliphatic rings. The highest BCUT2D eigenvalue weighted by Gasteiger charge is 2.19. The fourth-order valence-electron chi connectivity index (χ4n) is 3.93. The molecule has 146 valence electrons. The Labute approximate surface area is 169 Å². The molecule has 3 aromatic heterocycles. The van der Waals surface area contributed by atoms with Gasteiger partial charge in [0, 0.05) is 23.4 Å². The van der Waals surface area contributed by atoms with E-state index >= 15 is 0 Å². The Bertz CT molecular complexity index is 1120. The summed E-state index contributed by atoms with van der Waals surface area (Å²) in [7, 11) is 0. The van der Waals surface area contributed by atoms with E-state index in [0.29, 0.717) is 6.04 Å². The highest BCUT2D eigenvalue weighted by molar-refractivity contribution is 5.70. The lowest BCUT2D eigenvalue weighted by Gasteiger charge is -2.26. The summed E-state index contributed by atoms with van der Waals surface area (Å²) in [5.41, 5.74) is 4.77. The van der Waals surface area contributed by atoms with Crippen molar-refractivity contribution in [2.24, 2.45) is 0 Å². The van der Waals surface area contributed by atoms with E-state index in [1.165, 1.54) is 0 Å². The minimum absolute atomic E-state index is 0.158. The zero-order chi connectivity index (χ0) is 19.6. The van der Waals surface area contributed by atoms with E-state index in [9.17, 15) is 5.11 Å². The van der Waals surface area contributed by atoms with Gasteiger partial charge in [-0.05, 0) is 49.9 Å². The molecule has 0 amide bonds. The van der Waals surface area contributed by atoms with Gasteiger partial charge in [-0.1, -0.05) is 30.3 Å². The topological polar surface area (TPSA) is 75.3 Å². The predicted octanol–water partition coefficient (Wildman–Crippen LogP) is 4.17. The maximum absolute atomic E-state index is 9.71. The van der Waals surface area contributed by atoms with Gasteiger partial charge in [0.05, 0.1) is 23.7 Å². The lowest BCUT2D eigenvalue weighted by Crippen LogP contribution is -2.28. The minimum Gasteiger partial charge on any atom is -0.393 e. The molecule has 3 heterocycles. The maximum atomic E-state index is 9.71. The summed E-state index contributed by atoms with van der Waals surface area (Å²) in [6, 6.07) is 18.5. The van der Waals surface area contributed by atoms with E-state index < -0.39 is 0 Å². The first-order valence-electron chi connectivity index (χ1n) is 10.1. The molecule has 0 bridgehead atoms. The highest BCUT2D eigenvalue weighted by atomic mass is 16.3. The van der Waals surface area contributed by atoms with Crippen LogP contribution in [0.1, 0.15) is 25.7 Å². The third-order valence-electron chi connectivity index (χ3n) is 5.54. The van der Waals surface area contributed by atoms with E-state index in [1.54, 1.807) is 0 Å². The van der Waals surface area contributed by atoms with E-state index in [1.807, 2.05) is 53.3 Å². The highest BCUT2D eigenvalue weighted by Crippen LogP contribution is 2.26. The quantitative estimate of drug-likeness (QED) is 0.551. The number of fused-ring (bicyclic) bond motifs is 1. The maximum Gasteiger partial charge on any atom is 0.154 e. The van der Waals surface area contributed by atoms with Crippen molar-refractivity contribution >= 4 is 11.5 Å². The number of nitrogens with zero attached hydrogens (tertiary/aromatic N) is 4. The second-order valence-electron chi connectivity index (χ2n) is 7.58. The number of hydrogen-bond donors (Lipinski definition) is 2. The number of aliphatic hydroxyl groups is 1. The monoisotopic (exact) mass is 385 g/mol. The van der Waals surface area contributed by atoms with Crippen LogP contribution in [0.25, 0.3) is 28.2 Å². The average molecular weight is 385 g/mol. The summed E-state index contributed by atoms with van der Waals surface area (Å²) in [5.74, 6) is 0.829. The molecule has 1 saturated carbocycles. The van der Waals surface area contributed by atoms with Gasteiger partial charge < -0.3 is 10.4 Å². The molecule has 4 aromatic rings. The van der Waals surface area contributed by atoms with Crippen LogP contribution in [0.5, 0.6) is 0 Å². The summed E-state index contributed by atoms with van der Waals surface area (Å²) >= 11 is 0. The minimum atomic E-state index is -0.158. The summed E-state index contributed by atoms with van der Waals surface area (Å²) in [6.45, 7) is 0. The van der Waals surface area contributed by atoms with Crippen LogP contribution >= 0.6 is 0 Å². The predicted molar refractivity (Wildman–Crippen MR) is 114 cm³/mol. The molecule has 6 heteroatoms. The summed E-state index contributed by atoms with van der Waals surface area (Å²) in [4.78, 5) is 9.03. The Morgan fingerprint density at radius 2 is 1.72 bits per heavy atom. The number of nitrogens with one attached hydrogen (secondary N) is 1. The number of aromatic nitrogens is 4. The first-order valence-corrected chi connectivity index (χ1v) is 10.1. The van der Waals surface area contributed by atoms with Gasteiger partial charge in [0.1, 0.15) is 5.82 Å². The molecule has 5 rings (SSSR count). The fourth-order valence-corrected chi connectivity index (χ4v) is 3.93. The van der Waals surface area contributed by atoms with Crippen LogP contribution < -0.4 is 5.32 Å². The molecule has 2 N–H and O–H groups in total. The number of hydrogen-bond acceptors (Lipinski definition) is 5. The molecular weight excluding hydrogens is 362 g/mol. The second-order valence-corrected chi connectivity index (χ2v) is 7.58. The molecule has 0 spiro atoms. The molecule has 1 aliphatic carbocycles. The van der Waals surface area contributed by atoms with Gasteiger partial charge >= 0.3 is 0 Å². The van der Waals surface area contributed by atoms with Crippen LogP contribution in [0.2, 0.25) is 0 Å². The molecule has 1 fully saturated rings. The van der Waals surface area contributed by atoms with Crippen molar-refractivity contribution in [2.75, 3.05) is 5.32 Å². The van der Waals surface area contributed by atoms with Crippen molar-refractivity contribution in [3.8, 4) is 22.5 Å². The molecule has 29 heavy (non-hydrogen) atoms. The Morgan fingerprint density at radius 1 is 0.897 bits per heavy atom. The van der Waals surface area contributed by atoms with Crippen molar-refractivity contribution in [3.63, 3.8) is 0 Å². The smallest absolute Gasteiger partial charge is 0.154 e. The lowest BCUT2D eigenvalue weighted by molar-refractivity contribution is 0.126. The van der Waals surface area contributed by atoms with Crippen molar-refractivity contribution in [1.29, 1.82) is 0 Å². The van der Waals surface area contributed by atoms with Crippen LogP contribution in [0.15, 0.2) is 67.0 Å². The van der Waals surface area contributed by atoms with Gasteiger partial charge in [0.15, 0.2) is 5.65 Å². The molecule has 0 saturated heterocycles. The van der Waals surface area contributed by atoms with Gasteiger partial charge in [0.25, 0.3) is 0 Å². The molecular formula is C23H23N5O. The first kappa shape index (κ1) is 17.8. The third-order valence-corrected chi connectivity index (χ3v) is 5.54. The standard InChI is InChI=1S/C23H23N5O/c29-19-8-6-18(7-9-19)26-22-10-11-23-25-15-21(28(23)27-22)17-12-13-24-20(14-17)16-4-2-1-3-5-16/h1-5,10-15,18-19,29H,6-9H2,(H,26,27). The Kier molecular flexibility index (Phi) is 4.69. The third kappa shape index (κ3) is 3.71. The SMILES string of the molecule is OC1CCC(Nc2ccc3ncc(-c4ccnc(-c5ccccc5)c4)n3n2)CC1. The van der Waals surface area contributed by atoms with Gasteiger partial charge in [-0.15, -0.1) is 5.10 Å². The fraction of sp³-hybridized carbons (Fsp3) is 0.261. The zero-order valence-corrected chi connectivity index (χ0v) is 16.1. The summed E-state index contributed by atoms with van der Waals surface area (Å²) in [5, 5.41) is 18.0. The largest absolute Gasteiger partial charge is 0.393 e. The molecule has 0 aliphatic heterocycles.